The number of benzene rings is 1. The second-order valence-electron chi connectivity index (χ2n) is 4.57. The largest absolute Gasteiger partial charge is 0.378 e. The van der Waals surface area contributed by atoms with Gasteiger partial charge in [-0.2, -0.15) is 0 Å². The van der Waals surface area contributed by atoms with E-state index in [1.165, 1.54) is 0 Å². The quantitative estimate of drug-likeness (QED) is 0.857. The van der Waals surface area contributed by atoms with E-state index in [0.717, 1.165) is 36.3 Å². The molecule has 19 heavy (non-hydrogen) atoms. The molecule has 4 nitrogen and oxygen atoms in total. The second kappa shape index (κ2) is 5.28. The van der Waals surface area contributed by atoms with Crippen LogP contribution in [0.25, 0.3) is 11.3 Å². The number of H-pyrrole nitrogens is 1. The van der Waals surface area contributed by atoms with Gasteiger partial charge in [0.25, 0.3) is 0 Å². The van der Waals surface area contributed by atoms with Crippen molar-refractivity contribution < 1.29 is 9.53 Å². The van der Waals surface area contributed by atoms with Gasteiger partial charge >= 0.3 is 0 Å². The molecule has 1 saturated heterocycles. The Bertz CT molecular complexity index is 557. The molecule has 1 aromatic carbocycles. The van der Waals surface area contributed by atoms with Crippen LogP contribution in [0.4, 0.5) is 5.69 Å². The smallest absolute Gasteiger partial charge is 0.168 e. The monoisotopic (exact) mass is 256 g/mol. The van der Waals surface area contributed by atoms with E-state index in [2.05, 4.69) is 9.88 Å². The van der Waals surface area contributed by atoms with Gasteiger partial charge in [0.2, 0.25) is 0 Å². The zero-order valence-electron chi connectivity index (χ0n) is 10.6. The normalized spacial score (nSPS) is 15.5. The van der Waals surface area contributed by atoms with E-state index in [1.807, 2.05) is 36.4 Å². The Morgan fingerprint density at radius 3 is 2.58 bits per heavy atom. The van der Waals surface area contributed by atoms with E-state index in [9.17, 15) is 4.79 Å². The van der Waals surface area contributed by atoms with E-state index in [-0.39, 0.29) is 0 Å². The van der Waals surface area contributed by atoms with Gasteiger partial charge in [-0.05, 0) is 11.6 Å². The third-order valence-electron chi connectivity index (χ3n) is 3.38. The summed E-state index contributed by atoms with van der Waals surface area (Å²) in [7, 11) is 0. The molecule has 0 spiro atoms. The molecule has 0 bridgehead atoms. The van der Waals surface area contributed by atoms with Gasteiger partial charge in [-0.3, -0.25) is 4.79 Å². The Hall–Kier alpha value is -2.07. The van der Waals surface area contributed by atoms with Crippen LogP contribution in [0.5, 0.6) is 0 Å². The highest BCUT2D eigenvalue weighted by molar-refractivity contribution is 5.86. The Morgan fingerprint density at radius 1 is 1.16 bits per heavy atom. The first-order chi connectivity index (χ1) is 9.38. The van der Waals surface area contributed by atoms with E-state index < -0.39 is 0 Å². The summed E-state index contributed by atoms with van der Waals surface area (Å²) in [5, 5.41) is 0. The molecule has 0 aliphatic carbocycles. The van der Waals surface area contributed by atoms with Crippen LogP contribution < -0.4 is 4.90 Å². The number of carbonyl (C=O) groups excluding carboxylic acids is 1. The molecule has 0 radical (unpaired) electrons. The number of morpholine rings is 1. The fourth-order valence-electron chi connectivity index (χ4n) is 2.39. The summed E-state index contributed by atoms with van der Waals surface area (Å²) < 4.78 is 5.35. The van der Waals surface area contributed by atoms with Gasteiger partial charge in [-0.25, -0.2) is 0 Å². The van der Waals surface area contributed by atoms with Crippen molar-refractivity contribution in [3.8, 4) is 11.3 Å². The Balaban J connectivity index is 1.96. The number of anilines is 1. The molecule has 0 saturated carbocycles. The number of hydrogen-bond donors (Lipinski definition) is 1. The zero-order valence-corrected chi connectivity index (χ0v) is 10.6. The van der Waals surface area contributed by atoms with Crippen LogP contribution in [0, 0.1) is 0 Å². The Labute approximate surface area is 112 Å². The molecule has 4 heteroatoms. The van der Waals surface area contributed by atoms with Crippen molar-refractivity contribution in [2.75, 3.05) is 31.2 Å². The third-order valence-corrected chi connectivity index (χ3v) is 3.38. The van der Waals surface area contributed by atoms with Crippen LogP contribution in [-0.4, -0.2) is 37.6 Å². The van der Waals surface area contributed by atoms with Crippen LogP contribution in [0.3, 0.4) is 0 Å². The first kappa shape index (κ1) is 12.0. The maximum atomic E-state index is 11.2. The van der Waals surface area contributed by atoms with Crippen molar-refractivity contribution in [2.45, 2.75) is 0 Å². The van der Waals surface area contributed by atoms with Gasteiger partial charge in [-0.15, -0.1) is 0 Å². The molecule has 2 aromatic rings. The van der Waals surface area contributed by atoms with Gasteiger partial charge in [0.15, 0.2) is 6.29 Å². The number of carbonyl (C=O) groups is 1. The minimum Gasteiger partial charge on any atom is -0.378 e. The standard InChI is InChI=1S/C15H16N2O2/c18-11-14-15(17-6-8-19-9-7-17)10-13(16-14)12-4-2-1-3-5-12/h1-5,10-11,16H,6-9H2. The van der Waals surface area contributed by atoms with Crippen molar-refractivity contribution in [3.05, 3.63) is 42.1 Å². The topological polar surface area (TPSA) is 45.3 Å². The number of hydrogen-bond acceptors (Lipinski definition) is 3. The third kappa shape index (κ3) is 2.39. The fraction of sp³-hybridized carbons (Fsp3) is 0.267. The number of aromatic nitrogens is 1. The number of nitrogens with one attached hydrogen (secondary N) is 1. The average Bonchev–Trinajstić information content (AvgIpc) is 2.93. The van der Waals surface area contributed by atoms with Gasteiger partial charge in [0.1, 0.15) is 5.69 Å². The minimum atomic E-state index is 0.640. The minimum absolute atomic E-state index is 0.640. The summed E-state index contributed by atoms with van der Waals surface area (Å²) in [4.78, 5) is 16.6. The molecule has 1 aliphatic rings. The van der Waals surface area contributed by atoms with Crippen LogP contribution >= 0.6 is 0 Å². The molecule has 0 unspecified atom stereocenters. The summed E-state index contributed by atoms with van der Waals surface area (Å²) in [6.07, 6.45) is 0.886. The van der Waals surface area contributed by atoms with E-state index in [4.69, 9.17) is 4.74 Å². The van der Waals surface area contributed by atoms with E-state index in [0.29, 0.717) is 18.9 Å². The number of ether oxygens (including phenoxy) is 1. The highest BCUT2D eigenvalue weighted by atomic mass is 16.5. The zero-order chi connectivity index (χ0) is 13.1. The Kier molecular flexibility index (Phi) is 3.33. The molecule has 0 amide bonds. The molecule has 1 fully saturated rings. The molecule has 3 rings (SSSR count). The predicted molar refractivity (Wildman–Crippen MR) is 74.6 cm³/mol. The lowest BCUT2D eigenvalue weighted by molar-refractivity contribution is 0.111. The fourth-order valence-corrected chi connectivity index (χ4v) is 2.39. The highest BCUT2D eigenvalue weighted by Gasteiger charge is 2.17. The number of aromatic amines is 1. The molecule has 1 aromatic heterocycles. The predicted octanol–water partition coefficient (Wildman–Crippen LogP) is 2.33. The summed E-state index contributed by atoms with van der Waals surface area (Å²) in [6.45, 7) is 3.08. The Morgan fingerprint density at radius 2 is 1.89 bits per heavy atom. The lowest BCUT2D eigenvalue weighted by Crippen LogP contribution is -2.36. The summed E-state index contributed by atoms with van der Waals surface area (Å²) in [6, 6.07) is 12.1. The molecular weight excluding hydrogens is 240 g/mol. The number of rotatable bonds is 3. The molecule has 1 aliphatic heterocycles. The maximum absolute atomic E-state index is 11.2. The molecule has 2 heterocycles. The number of aldehydes is 1. The SMILES string of the molecule is O=Cc1[nH]c(-c2ccccc2)cc1N1CCOCC1. The van der Waals surface area contributed by atoms with Crippen LogP contribution in [0.15, 0.2) is 36.4 Å². The summed E-state index contributed by atoms with van der Waals surface area (Å²) in [5.74, 6) is 0. The van der Waals surface area contributed by atoms with Crippen molar-refractivity contribution in [1.29, 1.82) is 0 Å². The highest BCUT2D eigenvalue weighted by Crippen LogP contribution is 2.27. The molecule has 98 valence electrons. The van der Waals surface area contributed by atoms with Crippen molar-refractivity contribution in [3.63, 3.8) is 0 Å². The van der Waals surface area contributed by atoms with Crippen molar-refractivity contribution in [2.24, 2.45) is 0 Å². The first-order valence-electron chi connectivity index (χ1n) is 6.45. The van der Waals surface area contributed by atoms with E-state index in [1.54, 1.807) is 0 Å². The number of nitrogens with zero attached hydrogens (tertiary/aromatic N) is 1. The van der Waals surface area contributed by atoms with Gasteiger partial charge < -0.3 is 14.6 Å². The van der Waals surface area contributed by atoms with Crippen LogP contribution in [-0.2, 0) is 4.74 Å². The van der Waals surface area contributed by atoms with Crippen LogP contribution in [0.2, 0.25) is 0 Å². The van der Waals surface area contributed by atoms with Gasteiger partial charge in [-0.1, -0.05) is 30.3 Å². The second-order valence-corrected chi connectivity index (χ2v) is 4.57. The van der Waals surface area contributed by atoms with Crippen LogP contribution in [0.1, 0.15) is 10.5 Å². The maximum Gasteiger partial charge on any atom is 0.168 e. The summed E-state index contributed by atoms with van der Waals surface area (Å²) in [5.41, 5.74) is 3.67. The summed E-state index contributed by atoms with van der Waals surface area (Å²) >= 11 is 0. The van der Waals surface area contributed by atoms with E-state index >= 15 is 0 Å². The lowest BCUT2D eigenvalue weighted by Gasteiger charge is -2.28. The molecule has 0 atom stereocenters. The first-order valence-corrected chi connectivity index (χ1v) is 6.45. The molecular formula is C15H16N2O2. The van der Waals surface area contributed by atoms with Crippen molar-refractivity contribution >= 4 is 12.0 Å². The van der Waals surface area contributed by atoms with Crippen molar-refractivity contribution in [1.82, 2.24) is 4.98 Å². The average molecular weight is 256 g/mol. The van der Waals surface area contributed by atoms with Gasteiger partial charge in [0, 0.05) is 18.8 Å². The van der Waals surface area contributed by atoms with Gasteiger partial charge in [0.05, 0.1) is 18.9 Å². The lowest BCUT2D eigenvalue weighted by atomic mass is 10.1. The molecule has 1 N–H and O–H groups in total.